The Morgan fingerprint density at radius 3 is 2.22 bits per heavy atom. The molecule has 0 N–H and O–H groups in total. The van der Waals surface area contributed by atoms with Crippen molar-refractivity contribution in [2.75, 3.05) is 26.2 Å². The number of fused-ring (bicyclic) bond motifs is 1. The van der Waals surface area contributed by atoms with Gasteiger partial charge in [-0.15, -0.1) is 10.2 Å². The second-order valence-electron chi connectivity index (χ2n) is 7.95. The molecule has 0 fully saturated rings. The molecule has 0 saturated carbocycles. The summed E-state index contributed by atoms with van der Waals surface area (Å²) >= 11 is 0. The fourth-order valence-corrected chi connectivity index (χ4v) is 3.84. The molecule has 0 aliphatic heterocycles. The topological polar surface area (TPSA) is 69.6 Å². The molecule has 0 spiro atoms. The molecule has 0 aliphatic carbocycles. The van der Waals surface area contributed by atoms with Crippen molar-refractivity contribution in [1.29, 1.82) is 0 Å². The zero-order valence-electron chi connectivity index (χ0n) is 20.0. The number of aromatic nitrogens is 3. The molecule has 0 saturated heterocycles. The summed E-state index contributed by atoms with van der Waals surface area (Å²) in [5.41, 5.74) is 2.77. The standard InChI is InChI=1S/C28H23FN4O3/c1-33(19-7-5-4-6-8-19)28-12-10-22(31-32-28)18-9-11-25(21(29)15-18)36-24-13-14-30-23-17-27(35-3)26(34-2)16-20(23)24/h4-17H,1-3H3. The Hall–Kier alpha value is -4.72. The summed E-state index contributed by atoms with van der Waals surface area (Å²) in [5.74, 6) is 1.76. The molecule has 3 aromatic carbocycles. The first-order valence-electron chi connectivity index (χ1n) is 11.2. The van der Waals surface area contributed by atoms with Crippen molar-refractivity contribution >= 4 is 22.4 Å². The van der Waals surface area contributed by atoms with Gasteiger partial charge in [-0.05, 0) is 54.6 Å². The largest absolute Gasteiger partial charge is 0.493 e. The van der Waals surface area contributed by atoms with E-state index < -0.39 is 5.82 Å². The third-order valence-electron chi connectivity index (χ3n) is 5.79. The number of pyridine rings is 1. The highest BCUT2D eigenvalue weighted by molar-refractivity contribution is 5.88. The Kier molecular flexibility index (Phi) is 6.32. The van der Waals surface area contributed by atoms with Crippen LogP contribution in [0, 0.1) is 5.82 Å². The molecule has 180 valence electrons. The minimum Gasteiger partial charge on any atom is -0.493 e. The Morgan fingerprint density at radius 2 is 1.53 bits per heavy atom. The molecule has 0 amide bonds. The van der Waals surface area contributed by atoms with E-state index >= 15 is 4.39 Å². The minimum atomic E-state index is -0.523. The van der Waals surface area contributed by atoms with Gasteiger partial charge in [0.25, 0.3) is 0 Å². The number of ether oxygens (including phenoxy) is 3. The van der Waals surface area contributed by atoms with E-state index in [4.69, 9.17) is 14.2 Å². The van der Waals surface area contributed by atoms with Crippen LogP contribution in [0.2, 0.25) is 0 Å². The molecule has 0 bridgehead atoms. The quantitative estimate of drug-likeness (QED) is 0.266. The van der Waals surface area contributed by atoms with Gasteiger partial charge in [0.15, 0.2) is 28.9 Å². The first-order chi connectivity index (χ1) is 17.6. The molecule has 5 rings (SSSR count). The molecule has 2 aromatic heterocycles. The smallest absolute Gasteiger partial charge is 0.166 e. The van der Waals surface area contributed by atoms with Crippen molar-refractivity contribution < 1.29 is 18.6 Å². The van der Waals surface area contributed by atoms with E-state index in [0.717, 1.165) is 5.69 Å². The van der Waals surface area contributed by atoms with Gasteiger partial charge in [-0.3, -0.25) is 4.98 Å². The first-order valence-corrected chi connectivity index (χ1v) is 11.2. The molecular weight excluding hydrogens is 459 g/mol. The van der Waals surface area contributed by atoms with Crippen molar-refractivity contribution in [2.45, 2.75) is 0 Å². The van der Waals surface area contributed by atoms with Crippen molar-refractivity contribution in [1.82, 2.24) is 15.2 Å². The number of rotatable bonds is 7. The summed E-state index contributed by atoms with van der Waals surface area (Å²) in [6, 6.07) is 23.4. The van der Waals surface area contributed by atoms with Crippen LogP contribution in [0.4, 0.5) is 15.9 Å². The fourth-order valence-electron chi connectivity index (χ4n) is 3.84. The molecule has 8 heteroatoms. The van der Waals surface area contributed by atoms with E-state index in [1.807, 2.05) is 54.4 Å². The zero-order chi connectivity index (χ0) is 25.1. The van der Waals surface area contributed by atoms with Gasteiger partial charge in [-0.25, -0.2) is 4.39 Å². The zero-order valence-corrected chi connectivity index (χ0v) is 20.0. The number of para-hydroxylation sites is 1. The van der Waals surface area contributed by atoms with Gasteiger partial charge in [-0.1, -0.05) is 18.2 Å². The summed E-state index contributed by atoms with van der Waals surface area (Å²) in [6.07, 6.45) is 1.60. The summed E-state index contributed by atoms with van der Waals surface area (Å²) in [7, 11) is 5.02. The predicted octanol–water partition coefficient (Wildman–Crippen LogP) is 6.41. The number of nitrogens with zero attached hydrogens (tertiary/aromatic N) is 4. The van der Waals surface area contributed by atoms with Gasteiger partial charge in [0, 0.05) is 35.9 Å². The van der Waals surface area contributed by atoms with E-state index in [0.29, 0.717) is 45.2 Å². The fraction of sp³-hybridized carbons (Fsp3) is 0.107. The Balaban J connectivity index is 1.40. The van der Waals surface area contributed by atoms with Gasteiger partial charge in [-0.2, -0.15) is 0 Å². The van der Waals surface area contributed by atoms with Crippen LogP contribution in [0.5, 0.6) is 23.0 Å². The lowest BCUT2D eigenvalue weighted by Gasteiger charge is -2.17. The molecule has 36 heavy (non-hydrogen) atoms. The number of methoxy groups -OCH3 is 2. The van der Waals surface area contributed by atoms with Crippen LogP contribution in [-0.2, 0) is 0 Å². The molecule has 7 nitrogen and oxygen atoms in total. The van der Waals surface area contributed by atoms with Gasteiger partial charge in [0.2, 0.25) is 0 Å². The molecule has 0 unspecified atom stereocenters. The maximum absolute atomic E-state index is 15.1. The lowest BCUT2D eigenvalue weighted by atomic mass is 10.1. The van der Waals surface area contributed by atoms with Crippen LogP contribution in [0.3, 0.4) is 0 Å². The summed E-state index contributed by atoms with van der Waals surface area (Å²) in [5, 5.41) is 9.27. The van der Waals surface area contributed by atoms with Crippen LogP contribution in [0.1, 0.15) is 0 Å². The minimum absolute atomic E-state index is 0.0782. The van der Waals surface area contributed by atoms with Gasteiger partial charge in [0.1, 0.15) is 5.75 Å². The molecule has 2 heterocycles. The summed E-state index contributed by atoms with van der Waals surface area (Å²) < 4.78 is 31.7. The van der Waals surface area contributed by atoms with E-state index in [1.165, 1.54) is 6.07 Å². The molecule has 0 atom stereocenters. The van der Waals surface area contributed by atoms with Crippen LogP contribution in [0.15, 0.2) is 85.1 Å². The van der Waals surface area contributed by atoms with Gasteiger partial charge >= 0.3 is 0 Å². The maximum Gasteiger partial charge on any atom is 0.166 e. The van der Waals surface area contributed by atoms with Gasteiger partial charge in [0.05, 0.1) is 25.4 Å². The number of anilines is 2. The van der Waals surface area contributed by atoms with Gasteiger partial charge < -0.3 is 19.1 Å². The second kappa shape index (κ2) is 9.87. The van der Waals surface area contributed by atoms with Crippen LogP contribution in [-0.4, -0.2) is 36.4 Å². The highest BCUT2D eigenvalue weighted by Crippen LogP contribution is 2.37. The van der Waals surface area contributed by atoms with Crippen LogP contribution >= 0.6 is 0 Å². The molecule has 5 aromatic rings. The number of benzene rings is 3. The summed E-state index contributed by atoms with van der Waals surface area (Å²) in [4.78, 5) is 6.28. The Labute approximate surface area is 207 Å². The third kappa shape index (κ3) is 4.48. The van der Waals surface area contributed by atoms with E-state index in [1.54, 1.807) is 50.7 Å². The average molecular weight is 483 g/mol. The molecular formula is C28H23FN4O3. The number of hydrogen-bond acceptors (Lipinski definition) is 7. The lowest BCUT2D eigenvalue weighted by Crippen LogP contribution is -2.11. The average Bonchev–Trinajstić information content (AvgIpc) is 2.93. The Morgan fingerprint density at radius 1 is 0.750 bits per heavy atom. The molecule has 0 radical (unpaired) electrons. The third-order valence-corrected chi connectivity index (χ3v) is 5.79. The van der Waals surface area contributed by atoms with Crippen molar-refractivity contribution in [2.24, 2.45) is 0 Å². The predicted molar refractivity (Wildman–Crippen MR) is 137 cm³/mol. The van der Waals surface area contributed by atoms with Crippen LogP contribution in [0.25, 0.3) is 22.2 Å². The highest BCUT2D eigenvalue weighted by Gasteiger charge is 2.14. The normalized spacial score (nSPS) is 10.8. The van der Waals surface area contributed by atoms with Crippen molar-refractivity contribution in [3.8, 4) is 34.3 Å². The lowest BCUT2D eigenvalue weighted by molar-refractivity contribution is 0.355. The van der Waals surface area contributed by atoms with Crippen molar-refractivity contribution in [3.05, 3.63) is 90.9 Å². The maximum atomic E-state index is 15.1. The van der Waals surface area contributed by atoms with Crippen LogP contribution < -0.4 is 19.1 Å². The second-order valence-corrected chi connectivity index (χ2v) is 7.95. The summed E-state index contributed by atoms with van der Waals surface area (Å²) in [6.45, 7) is 0. The monoisotopic (exact) mass is 482 g/mol. The molecule has 0 aliphatic rings. The SMILES string of the molecule is COc1cc2nccc(Oc3ccc(-c4ccc(N(C)c5ccccc5)nn4)cc3F)c2cc1OC. The number of halogens is 1. The Bertz CT molecular complexity index is 1510. The first kappa shape index (κ1) is 23.0. The number of hydrogen-bond donors (Lipinski definition) is 0. The van der Waals surface area contributed by atoms with E-state index in [9.17, 15) is 0 Å². The highest BCUT2D eigenvalue weighted by atomic mass is 19.1. The van der Waals surface area contributed by atoms with E-state index in [2.05, 4.69) is 15.2 Å². The van der Waals surface area contributed by atoms with E-state index in [-0.39, 0.29) is 5.75 Å². The van der Waals surface area contributed by atoms with Crippen molar-refractivity contribution in [3.63, 3.8) is 0 Å².